The Kier molecular flexibility index (Phi) is 8.14. The number of nitrogens with zero attached hydrogens (tertiary/aromatic N) is 2. The minimum Gasteiger partial charge on any atom is -0.460 e. The molecule has 2 aliphatic carbocycles. The highest BCUT2D eigenvalue weighted by atomic mass is 32.1. The summed E-state index contributed by atoms with van der Waals surface area (Å²) in [7, 11) is 0. The topological polar surface area (TPSA) is 56.4 Å². The summed E-state index contributed by atoms with van der Waals surface area (Å²) in [5, 5.41) is 3.49. The third-order valence-corrected chi connectivity index (χ3v) is 12.9. The minimum atomic E-state index is 0.119. The van der Waals surface area contributed by atoms with Crippen LogP contribution in [-0.2, 0) is 12.8 Å². The Balaban J connectivity index is 1.03. The van der Waals surface area contributed by atoms with Crippen LogP contribution < -0.4 is 5.73 Å². The standard InChI is InChI=1S/C52H39N3OS/c53-52(36-27-28-45-42(29-36)39-22-10-12-24-44(39)55(45)38-20-8-3-9-21-38)54-50-40-23-11-13-26-47(40)57-48(50)32-35-19-14-25-46-49(35)43-31-37(33-15-4-1-5-16-33)30-41(51(43)56-46)34-17-6-2-7-18-34/h1-11,13-23,25-29,31,41H,12,24,30,32H2,(H2,53,54). The van der Waals surface area contributed by atoms with E-state index in [2.05, 4.69) is 174 Å². The van der Waals surface area contributed by atoms with Crippen LogP contribution in [0.4, 0.5) is 5.69 Å². The maximum absolute atomic E-state index is 7.04. The van der Waals surface area contributed by atoms with Crippen molar-refractivity contribution in [1.82, 2.24) is 4.57 Å². The highest BCUT2D eigenvalue weighted by molar-refractivity contribution is 7.19. The predicted molar refractivity (Wildman–Crippen MR) is 239 cm³/mol. The molecule has 3 heterocycles. The van der Waals surface area contributed by atoms with Crippen LogP contribution in [0.1, 0.15) is 68.5 Å². The molecule has 1 atom stereocenters. The zero-order valence-corrected chi connectivity index (χ0v) is 32.2. The summed E-state index contributed by atoms with van der Waals surface area (Å²) >= 11 is 1.80. The Morgan fingerprint density at radius 3 is 2.39 bits per heavy atom. The maximum Gasteiger partial charge on any atom is 0.135 e. The summed E-state index contributed by atoms with van der Waals surface area (Å²) in [4.78, 5) is 6.48. The Morgan fingerprint density at radius 1 is 0.772 bits per heavy atom. The fourth-order valence-electron chi connectivity index (χ4n) is 9.10. The van der Waals surface area contributed by atoms with Gasteiger partial charge in [0.25, 0.3) is 0 Å². The molecule has 11 rings (SSSR count). The number of aromatic nitrogens is 1. The average Bonchev–Trinajstić information content (AvgIpc) is 3.93. The number of benzene rings is 6. The molecule has 0 radical (unpaired) electrons. The van der Waals surface area contributed by atoms with Crippen molar-refractivity contribution >= 4 is 72.5 Å². The number of fused-ring (bicyclic) bond motifs is 7. The fourth-order valence-corrected chi connectivity index (χ4v) is 10.3. The Morgan fingerprint density at radius 2 is 1.54 bits per heavy atom. The SMILES string of the molecule is N/C(=N\c1c(Cc2cccc3oc4c(c23)C=C(c2ccccc2)CC4c2ccccc2)sc2ccccc12)c1ccc2c(c1)c1c(n2-c2ccccc2)CCC=C1. The molecule has 0 fully saturated rings. The lowest BCUT2D eigenvalue weighted by Gasteiger charge is -2.23. The van der Waals surface area contributed by atoms with Crippen molar-refractivity contribution in [3.63, 3.8) is 0 Å². The first-order chi connectivity index (χ1) is 28.2. The van der Waals surface area contributed by atoms with Crippen molar-refractivity contribution < 1.29 is 4.42 Å². The molecule has 3 aromatic heterocycles. The van der Waals surface area contributed by atoms with Gasteiger partial charge in [-0.05, 0) is 90.1 Å². The highest BCUT2D eigenvalue weighted by Crippen LogP contribution is 2.48. The van der Waals surface area contributed by atoms with Gasteiger partial charge in [-0.1, -0.05) is 121 Å². The molecule has 274 valence electrons. The third kappa shape index (κ3) is 5.77. The zero-order chi connectivity index (χ0) is 37.9. The average molecular weight is 754 g/mol. The number of para-hydroxylation sites is 1. The Bertz CT molecular complexity index is 3070. The van der Waals surface area contributed by atoms with Gasteiger partial charge in [-0.25, -0.2) is 4.99 Å². The monoisotopic (exact) mass is 753 g/mol. The number of hydrogen-bond donors (Lipinski definition) is 1. The number of furan rings is 1. The summed E-state index contributed by atoms with van der Waals surface area (Å²) < 4.78 is 10.4. The number of allylic oxidation sites excluding steroid dienone is 2. The van der Waals surface area contributed by atoms with E-state index >= 15 is 0 Å². The van der Waals surface area contributed by atoms with E-state index in [-0.39, 0.29) is 5.92 Å². The second-order valence-electron chi connectivity index (χ2n) is 15.1. The molecular weight excluding hydrogens is 715 g/mol. The number of aliphatic imine (C=N–C) groups is 1. The fraction of sp³-hybridized carbons (Fsp3) is 0.0962. The molecule has 2 N–H and O–H groups in total. The largest absolute Gasteiger partial charge is 0.460 e. The summed E-state index contributed by atoms with van der Waals surface area (Å²) in [5.74, 6) is 1.67. The van der Waals surface area contributed by atoms with Gasteiger partial charge in [0.15, 0.2) is 0 Å². The van der Waals surface area contributed by atoms with Crippen molar-refractivity contribution in [1.29, 1.82) is 0 Å². The van der Waals surface area contributed by atoms with Crippen LogP contribution in [0, 0.1) is 0 Å². The van der Waals surface area contributed by atoms with E-state index in [9.17, 15) is 0 Å². The number of hydrogen-bond acceptors (Lipinski definition) is 3. The summed E-state index contributed by atoms with van der Waals surface area (Å²) in [6, 6.07) is 53.9. The van der Waals surface area contributed by atoms with Gasteiger partial charge < -0.3 is 14.7 Å². The van der Waals surface area contributed by atoms with E-state index in [1.54, 1.807) is 11.3 Å². The quantitative estimate of drug-likeness (QED) is 0.130. The molecule has 0 saturated heterocycles. The first-order valence-electron chi connectivity index (χ1n) is 19.8. The van der Waals surface area contributed by atoms with Gasteiger partial charge in [0, 0.05) is 66.1 Å². The first kappa shape index (κ1) is 33.6. The number of thiophene rings is 1. The van der Waals surface area contributed by atoms with Gasteiger partial charge in [-0.15, -0.1) is 11.3 Å². The van der Waals surface area contributed by atoms with Gasteiger partial charge in [0.1, 0.15) is 17.2 Å². The van der Waals surface area contributed by atoms with Crippen LogP contribution in [0.3, 0.4) is 0 Å². The molecular formula is C52H39N3OS. The van der Waals surface area contributed by atoms with Gasteiger partial charge in [-0.2, -0.15) is 0 Å². The molecule has 4 nitrogen and oxygen atoms in total. The summed E-state index contributed by atoms with van der Waals surface area (Å²) in [6.07, 6.45) is 10.6. The van der Waals surface area contributed by atoms with Crippen molar-refractivity contribution in [3.05, 3.63) is 207 Å². The molecule has 57 heavy (non-hydrogen) atoms. The number of rotatable bonds is 7. The molecule has 0 aliphatic heterocycles. The van der Waals surface area contributed by atoms with Crippen LogP contribution in [0.2, 0.25) is 0 Å². The maximum atomic E-state index is 7.04. The number of nitrogens with two attached hydrogens (primary N) is 1. The van der Waals surface area contributed by atoms with Gasteiger partial charge in [-0.3, -0.25) is 0 Å². The van der Waals surface area contributed by atoms with E-state index in [1.807, 2.05) is 0 Å². The normalized spacial score (nSPS) is 15.3. The molecule has 0 spiro atoms. The van der Waals surface area contributed by atoms with Crippen LogP contribution in [-0.4, -0.2) is 10.4 Å². The Labute approximate surface area is 335 Å². The van der Waals surface area contributed by atoms with Crippen molar-refractivity contribution in [2.45, 2.75) is 31.6 Å². The molecule has 2 aliphatic rings. The van der Waals surface area contributed by atoms with Crippen molar-refractivity contribution in [3.8, 4) is 5.69 Å². The van der Waals surface area contributed by atoms with Crippen molar-refractivity contribution in [2.75, 3.05) is 0 Å². The molecule has 6 aromatic carbocycles. The predicted octanol–water partition coefficient (Wildman–Crippen LogP) is 13.3. The van der Waals surface area contributed by atoms with E-state index in [1.165, 1.54) is 70.6 Å². The first-order valence-corrected chi connectivity index (χ1v) is 20.6. The molecule has 5 heteroatoms. The van der Waals surface area contributed by atoms with Crippen LogP contribution in [0.25, 0.3) is 55.4 Å². The third-order valence-electron chi connectivity index (χ3n) is 11.7. The summed E-state index contributed by atoms with van der Waals surface area (Å²) in [5.41, 5.74) is 21.0. The molecule has 0 saturated carbocycles. The highest BCUT2D eigenvalue weighted by Gasteiger charge is 2.30. The lowest BCUT2D eigenvalue weighted by Crippen LogP contribution is -2.12. The van der Waals surface area contributed by atoms with Gasteiger partial charge in [0.2, 0.25) is 0 Å². The molecule has 9 aromatic rings. The smallest absolute Gasteiger partial charge is 0.135 e. The van der Waals surface area contributed by atoms with E-state index in [0.717, 1.165) is 47.2 Å². The second-order valence-corrected chi connectivity index (χ2v) is 16.3. The van der Waals surface area contributed by atoms with Gasteiger partial charge in [0.05, 0.1) is 11.2 Å². The molecule has 1 unspecified atom stereocenters. The lowest BCUT2D eigenvalue weighted by atomic mass is 9.80. The van der Waals surface area contributed by atoms with E-state index in [4.69, 9.17) is 15.1 Å². The molecule has 0 bridgehead atoms. The van der Waals surface area contributed by atoms with Crippen molar-refractivity contribution in [2.24, 2.45) is 10.7 Å². The summed E-state index contributed by atoms with van der Waals surface area (Å²) in [6.45, 7) is 0. The lowest BCUT2D eigenvalue weighted by molar-refractivity contribution is 0.519. The molecule has 0 amide bonds. The second kappa shape index (κ2) is 13.8. The number of amidine groups is 1. The van der Waals surface area contributed by atoms with E-state index < -0.39 is 0 Å². The van der Waals surface area contributed by atoms with Crippen LogP contribution in [0.5, 0.6) is 0 Å². The Hall–Kier alpha value is -6.69. The van der Waals surface area contributed by atoms with Crippen LogP contribution in [0.15, 0.2) is 167 Å². The van der Waals surface area contributed by atoms with Crippen LogP contribution >= 0.6 is 11.3 Å². The van der Waals surface area contributed by atoms with Gasteiger partial charge >= 0.3 is 0 Å². The van der Waals surface area contributed by atoms with E-state index in [0.29, 0.717) is 12.3 Å². The minimum absolute atomic E-state index is 0.119. The zero-order valence-electron chi connectivity index (χ0n) is 31.4.